The molecule has 0 amide bonds. The maximum absolute atomic E-state index is 4.44. The number of H-pyrrole nitrogens is 1. The van der Waals surface area contributed by atoms with E-state index in [1.165, 1.54) is 0 Å². The first kappa shape index (κ1) is 11.6. The van der Waals surface area contributed by atoms with Crippen LogP contribution in [-0.2, 0) is 13.0 Å². The molecule has 0 saturated carbocycles. The molecular weight excluding hydrogens is 214 g/mol. The van der Waals surface area contributed by atoms with E-state index in [0.717, 1.165) is 36.0 Å². The minimum Gasteiger partial charge on any atom is -0.354 e. The number of hydrogen-bond donors (Lipinski definition) is 1. The van der Waals surface area contributed by atoms with E-state index in [-0.39, 0.29) is 0 Å². The summed E-state index contributed by atoms with van der Waals surface area (Å²) < 4.78 is 0. The summed E-state index contributed by atoms with van der Waals surface area (Å²) in [5.74, 6) is 1.76. The Morgan fingerprint density at radius 2 is 2.18 bits per heavy atom. The van der Waals surface area contributed by atoms with E-state index in [4.69, 9.17) is 0 Å². The standard InChI is InChI=1S/C12H17N5/c1-4-10-7-12(15-9(2)14-10)17(3)8-11-5-6-13-16-11/h5-7H,4,8H2,1-3H3,(H,13,16). The Bertz CT molecular complexity index is 478. The minimum atomic E-state index is 0.763. The lowest BCUT2D eigenvalue weighted by atomic mass is 10.3. The summed E-state index contributed by atoms with van der Waals surface area (Å²) in [6.45, 7) is 4.78. The smallest absolute Gasteiger partial charge is 0.132 e. The van der Waals surface area contributed by atoms with Gasteiger partial charge >= 0.3 is 0 Å². The van der Waals surface area contributed by atoms with Gasteiger partial charge in [0.1, 0.15) is 11.6 Å². The second kappa shape index (κ2) is 4.95. The van der Waals surface area contributed by atoms with Crippen molar-refractivity contribution in [1.29, 1.82) is 0 Å². The third kappa shape index (κ3) is 2.81. The van der Waals surface area contributed by atoms with Crippen LogP contribution in [0.1, 0.15) is 24.1 Å². The molecule has 5 heteroatoms. The van der Waals surface area contributed by atoms with E-state index < -0.39 is 0 Å². The van der Waals surface area contributed by atoms with Crippen LogP contribution in [0.3, 0.4) is 0 Å². The first-order chi connectivity index (χ1) is 8.19. The van der Waals surface area contributed by atoms with Crippen molar-refractivity contribution in [2.24, 2.45) is 0 Å². The minimum absolute atomic E-state index is 0.763. The van der Waals surface area contributed by atoms with Crippen LogP contribution in [0.15, 0.2) is 18.3 Å². The number of nitrogens with one attached hydrogen (secondary N) is 1. The SMILES string of the molecule is CCc1cc(N(C)Cc2ccn[nH]2)nc(C)n1. The Labute approximate surface area is 101 Å². The molecule has 17 heavy (non-hydrogen) atoms. The zero-order valence-corrected chi connectivity index (χ0v) is 10.4. The monoisotopic (exact) mass is 231 g/mol. The summed E-state index contributed by atoms with van der Waals surface area (Å²) >= 11 is 0. The van der Waals surface area contributed by atoms with Crippen LogP contribution in [0.4, 0.5) is 5.82 Å². The number of rotatable bonds is 4. The molecule has 0 aliphatic rings. The van der Waals surface area contributed by atoms with Gasteiger partial charge in [0.2, 0.25) is 0 Å². The second-order valence-electron chi connectivity index (χ2n) is 4.06. The molecule has 1 N–H and O–H groups in total. The van der Waals surface area contributed by atoms with Crippen molar-refractivity contribution in [3.05, 3.63) is 35.5 Å². The molecule has 0 radical (unpaired) electrons. The van der Waals surface area contributed by atoms with Crippen LogP contribution in [-0.4, -0.2) is 27.2 Å². The average molecular weight is 231 g/mol. The first-order valence-corrected chi connectivity index (χ1v) is 5.73. The summed E-state index contributed by atoms with van der Waals surface area (Å²) in [7, 11) is 2.02. The van der Waals surface area contributed by atoms with E-state index >= 15 is 0 Å². The number of aryl methyl sites for hydroxylation is 2. The van der Waals surface area contributed by atoms with Crippen LogP contribution in [0.5, 0.6) is 0 Å². The van der Waals surface area contributed by atoms with Crippen LogP contribution >= 0.6 is 0 Å². The Balaban J connectivity index is 2.18. The van der Waals surface area contributed by atoms with Crippen molar-refractivity contribution >= 4 is 5.82 Å². The van der Waals surface area contributed by atoms with Gasteiger partial charge in [-0.15, -0.1) is 0 Å². The number of aromatic nitrogens is 4. The van der Waals surface area contributed by atoms with Crippen LogP contribution in [0, 0.1) is 6.92 Å². The van der Waals surface area contributed by atoms with E-state index in [2.05, 4.69) is 32.0 Å². The van der Waals surface area contributed by atoms with E-state index in [1.807, 2.05) is 26.1 Å². The van der Waals surface area contributed by atoms with Gasteiger partial charge in [0, 0.05) is 25.0 Å². The molecule has 0 fully saturated rings. The normalized spacial score (nSPS) is 10.5. The van der Waals surface area contributed by atoms with Crippen LogP contribution in [0.2, 0.25) is 0 Å². The molecule has 5 nitrogen and oxygen atoms in total. The third-order valence-electron chi connectivity index (χ3n) is 2.60. The first-order valence-electron chi connectivity index (χ1n) is 5.73. The van der Waals surface area contributed by atoms with E-state index in [9.17, 15) is 0 Å². The number of nitrogens with zero attached hydrogens (tertiary/aromatic N) is 4. The average Bonchev–Trinajstić information content (AvgIpc) is 2.81. The summed E-state index contributed by atoms with van der Waals surface area (Å²) in [6, 6.07) is 3.99. The number of hydrogen-bond acceptors (Lipinski definition) is 4. The van der Waals surface area contributed by atoms with Gasteiger partial charge in [-0.3, -0.25) is 5.10 Å². The Morgan fingerprint density at radius 1 is 1.35 bits per heavy atom. The van der Waals surface area contributed by atoms with Gasteiger partial charge in [-0.1, -0.05) is 6.92 Å². The van der Waals surface area contributed by atoms with E-state index in [0.29, 0.717) is 0 Å². The van der Waals surface area contributed by atoms with Gasteiger partial charge in [0.25, 0.3) is 0 Å². The number of aromatic amines is 1. The zero-order chi connectivity index (χ0) is 12.3. The topological polar surface area (TPSA) is 57.7 Å². The molecule has 0 spiro atoms. The summed E-state index contributed by atoms with van der Waals surface area (Å²) in [5, 5.41) is 6.88. The summed E-state index contributed by atoms with van der Waals surface area (Å²) in [4.78, 5) is 10.9. The fourth-order valence-corrected chi connectivity index (χ4v) is 1.70. The van der Waals surface area contributed by atoms with Crippen molar-refractivity contribution < 1.29 is 0 Å². The quantitative estimate of drug-likeness (QED) is 0.870. The fourth-order valence-electron chi connectivity index (χ4n) is 1.70. The highest BCUT2D eigenvalue weighted by atomic mass is 15.2. The van der Waals surface area contributed by atoms with Crippen LogP contribution in [0.25, 0.3) is 0 Å². The molecule has 2 rings (SSSR count). The van der Waals surface area contributed by atoms with Gasteiger partial charge < -0.3 is 4.90 Å². The lowest BCUT2D eigenvalue weighted by Gasteiger charge is -2.18. The molecule has 0 aromatic carbocycles. The molecule has 0 aliphatic carbocycles. The lowest BCUT2D eigenvalue weighted by Crippen LogP contribution is -2.19. The van der Waals surface area contributed by atoms with Crippen molar-refractivity contribution in [1.82, 2.24) is 20.2 Å². The van der Waals surface area contributed by atoms with Crippen molar-refractivity contribution in [2.75, 3.05) is 11.9 Å². The lowest BCUT2D eigenvalue weighted by molar-refractivity contribution is 0.833. The van der Waals surface area contributed by atoms with Crippen LogP contribution < -0.4 is 4.90 Å². The van der Waals surface area contributed by atoms with Crippen molar-refractivity contribution in [3.63, 3.8) is 0 Å². The molecule has 90 valence electrons. The van der Waals surface area contributed by atoms with Gasteiger partial charge in [0.15, 0.2) is 0 Å². The number of anilines is 1. The predicted octanol–water partition coefficient (Wildman–Crippen LogP) is 1.71. The highest BCUT2D eigenvalue weighted by Gasteiger charge is 2.07. The molecule has 0 bridgehead atoms. The summed E-state index contributed by atoms with van der Waals surface area (Å²) in [5.41, 5.74) is 2.14. The Kier molecular flexibility index (Phi) is 3.37. The molecule has 0 atom stereocenters. The van der Waals surface area contributed by atoms with Crippen molar-refractivity contribution in [3.8, 4) is 0 Å². The van der Waals surface area contributed by atoms with Gasteiger partial charge in [-0.25, -0.2) is 9.97 Å². The fraction of sp³-hybridized carbons (Fsp3) is 0.417. The second-order valence-corrected chi connectivity index (χ2v) is 4.06. The maximum atomic E-state index is 4.44. The molecule has 0 unspecified atom stereocenters. The Hall–Kier alpha value is -1.91. The van der Waals surface area contributed by atoms with Crippen molar-refractivity contribution in [2.45, 2.75) is 26.8 Å². The zero-order valence-electron chi connectivity index (χ0n) is 10.4. The molecule has 2 aromatic rings. The maximum Gasteiger partial charge on any atom is 0.132 e. The highest BCUT2D eigenvalue weighted by molar-refractivity contribution is 5.39. The molecular formula is C12H17N5. The largest absolute Gasteiger partial charge is 0.354 e. The molecule has 0 aliphatic heterocycles. The summed E-state index contributed by atoms with van der Waals surface area (Å²) in [6.07, 6.45) is 2.68. The highest BCUT2D eigenvalue weighted by Crippen LogP contribution is 2.13. The molecule has 2 aromatic heterocycles. The predicted molar refractivity (Wildman–Crippen MR) is 66.8 cm³/mol. The molecule has 2 heterocycles. The van der Waals surface area contributed by atoms with Gasteiger partial charge in [-0.05, 0) is 19.4 Å². The Morgan fingerprint density at radius 3 is 2.82 bits per heavy atom. The third-order valence-corrected chi connectivity index (χ3v) is 2.60. The molecule has 0 saturated heterocycles. The van der Waals surface area contributed by atoms with E-state index in [1.54, 1.807) is 6.20 Å². The van der Waals surface area contributed by atoms with Gasteiger partial charge in [0.05, 0.1) is 12.2 Å². The van der Waals surface area contributed by atoms with Gasteiger partial charge in [-0.2, -0.15) is 5.10 Å².